The van der Waals surface area contributed by atoms with Crippen LogP contribution in [-0.4, -0.2) is 49.8 Å². The molecule has 1 N–H and O–H groups in total. The van der Waals surface area contributed by atoms with Crippen molar-refractivity contribution in [3.05, 3.63) is 80.9 Å². The van der Waals surface area contributed by atoms with Gasteiger partial charge >= 0.3 is 5.97 Å². The number of hydrogen-bond donors (Lipinski definition) is 1. The minimum Gasteiger partial charge on any atom is -0.497 e. The second kappa shape index (κ2) is 11.1. The minimum absolute atomic E-state index is 0.0816. The number of aryl methyl sites for hydroxylation is 2. The van der Waals surface area contributed by atoms with Gasteiger partial charge in [-0.1, -0.05) is 24.3 Å². The first-order valence-corrected chi connectivity index (χ1v) is 11.8. The van der Waals surface area contributed by atoms with Gasteiger partial charge in [0.25, 0.3) is 5.56 Å². The summed E-state index contributed by atoms with van der Waals surface area (Å²) < 4.78 is 11.7. The van der Waals surface area contributed by atoms with Crippen molar-refractivity contribution in [2.45, 2.75) is 47.0 Å². The molecule has 2 heterocycles. The number of H-pyrrole nitrogens is 1. The number of tetrazole rings is 1. The van der Waals surface area contributed by atoms with Crippen LogP contribution in [0.25, 0.3) is 10.9 Å². The Morgan fingerprint density at radius 1 is 1.08 bits per heavy atom. The van der Waals surface area contributed by atoms with E-state index in [-0.39, 0.29) is 18.7 Å². The molecule has 0 bridgehead atoms. The number of carbonyl (C=O) groups excluding carboxylic acids is 1. The highest BCUT2D eigenvalue weighted by Gasteiger charge is 2.18. The zero-order chi connectivity index (χ0) is 25.7. The average Bonchev–Trinajstić information content (AvgIpc) is 3.29. The van der Waals surface area contributed by atoms with Crippen molar-refractivity contribution in [2.24, 2.45) is 0 Å². The standard InChI is InChI=1S/C26H30N6O4/c1-5-36-24(33)16-32-23(28-29-30-32)15-31(13-19-7-10-22(35-4)11-8-19)14-21-12-20-9-6-17(2)18(3)25(20)27-26(21)34/h6-12H,5,13-16H2,1-4H3,(H,27,34). The normalized spacial score (nSPS) is 11.2. The topological polar surface area (TPSA) is 115 Å². The molecule has 4 aromatic rings. The van der Waals surface area contributed by atoms with Crippen molar-refractivity contribution >= 4 is 16.9 Å². The quantitative estimate of drug-likeness (QED) is 0.338. The van der Waals surface area contributed by atoms with Crippen LogP contribution in [0, 0.1) is 13.8 Å². The molecule has 4 rings (SSSR count). The molecular formula is C26H30N6O4. The van der Waals surface area contributed by atoms with Crippen LogP contribution in [0.5, 0.6) is 5.75 Å². The van der Waals surface area contributed by atoms with Crippen LogP contribution in [0.4, 0.5) is 0 Å². The van der Waals surface area contributed by atoms with Crippen molar-refractivity contribution < 1.29 is 14.3 Å². The van der Waals surface area contributed by atoms with Gasteiger partial charge in [-0.05, 0) is 71.5 Å². The molecule has 188 valence electrons. The Hall–Kier alpha value is -4.05. The summed E-state index contributed by atoms with van der Waals surface area (Å²) in [5.74, 6) is 0.852. The summed E-state index contributed by atoms with van der Waals surface area (Å²) in [6.07, 6.45) is 0. The molecule has 0 radical (unpaired) electrons. The second-order valence-electron chi connectivity index (χ2n) is 8.65. The summed E-state index contributed by atoms with van der Waals surface area (Å²) in [6.45, 7) is 7.19. The Balaban J connectivity index is 1.64. The van der Waals surface area contributed by atoms with Gasteiger partial charge in [0, 0.05) is 18.7 Å². The van der Waals surface area contributed by atoms with Gasteiger partial charge in [0.05, 0.1) is 25.8 Å². The fourth-order valence-electron chi connectivity index (χ4n) is 4.07. The maximum Gasteiger partial charge on any atom is 0.327 e. The smallest absolute Gasteiger partial charge is 0.327 e. The van der Waals surface area contributed by atoms with E-state index in [1.165, 1.54) is 4.68 Å². The molecule has 2 aromatic carbocycles. The largest absolute Gasteiger partial charge is 0.497 e. The lowest BCUT2D eigenvalue weighted by atomic mass is 10.0. The highest BCUT2D eigenvalue weighted by molar-refractivity contribution is 5.83. The van der Waals surface area contributed by atoms with Gasteiger partial charge in [-0.2, -0.15) is 0 Å². The van der Waals surface area contributed by atoms with Crippen LogP contribution in [0.1, 0.15) is 35.0 Å². The lowest BCUT2D eigenvalue weighted by molar-refractivity contribution is -0.144. The summed E-state index contributed by atoms with van der Waals surface area (Å²) in [5.41, 5.74) is 4.56. The van der Waals surface area contributed by atoms with Crippen molar-refractivity contribution in [2.75, 3.05) is 13.7 Å². The number of rotatable bonds is 10. The number of pyridine rings is 1. The molecule has 2 aromatic heterocycles. The maximum absolute atomic E-state index is 13.0. The number of benzene rings is 2. The Morgan fingerprint density at radius 3 is 2.58 bits per heavy atom. The number of esters is 1. The van der Waals surface area contributed by atoms with E-state index in [4.69, 9.17) is 9.47 Å². The van der Waals surface area contributed by atoms with Crippen molar-refractivity contribution in [3.8, 4) is 5.75 Å². The monoisotopic (exact) mass is 490 g/mol. The van der Waals surface area contributed by atoms with Crippen LogP contribution in [0.15, 0.2) is 47.3 Å². The molecule has 0 saturated heterocycles. The van der Waals surface area contributed by atoms with E-state index in [0.29, 0.717) is 31.0 Å². The Labute approximate surface area is 208 Å². The number of carbonyl (C=O) groups is 1. The number of aromatic nitrogens is 5. The van der Waals surface area contributed by atoms with E-state index in [2.05, 4.69) is 31.5 Å². The molecular weight excluding hydrogens is 460 g/mol. The third-order valence-electron chi connectivity index (χ3n) is 6.14. The Morgan fingerprint density at radius 2 is 1.86 bits per heavy atom. The van der Waals surface area contributed by atoms with Crippen molar-refractivity contribution in [1.29, 1.82) is 0 Å². The molecule has 0 fully saturated rings. The number of ether oxygens (including phenoxy) is 2. The Kier molecular flexibility index (Phi) is 7.74. The summed E-state index contributed by atoms with van der Waals surface area (Å²) in [7, 11) is 1.62. The predicted molar refractivity (Wildman–Crippen MR) is 134 cm³/mol. The minimum atomic E-state index is -0.413. The number of nitrogens with zero attached hydrogens (tertiary/aromatic N) is 5. The third-order valence-corrected chi connectivity index (χ3v) is 6.14. The van der Waals surface area contributed by atoms with Crippen LogP contribution in [0.2, 0.25) is 0 Å². The van der Waals surface area contributed by atoms with Crippen molar-refractivity contribution in [3.63, 3.8) is 0 Å². The zero-order valence-corrected chi connectivity index (χ0v) is 20.9. The van der Waals surface area contributed by atoms with Crippen LogP contribution < -0.4 is 10.3 Å². The van der Waals surface area contributed by atoms with Crippen LogP contribution in [-0.2, 0) is 35.7 Å². The van der Waals surface area contributed by atoms with E-state index < -0.39 is 5.97 Å². The summed E-state index contributed by atoms with van der Waals surface area (Å²) in [4.78, 5) is 30.2. The van der Waals surface area contributed by atoms with Gasteiger partial charge in [0.15, 0.2) is 5.82 Å². The van der Waals surface area contributed by atoms with Gasteiger partial charge < -0.3 is 14.5 Å². The van der Waals surface area contributed by atoms with Gasteiger partial charge in [-0.15, -0.1) is 5.10 Å². The van der Waals surface area contributed by atoms with Gasteiger partial charge in [0.2, 0.25) is 0 Å². The fraction of sp³-hybridized carbons (Fsp3) is 0.346. The summed E-state index contributed by atoms with van der Waals surface area (Å²) in [5, 5.41) is 12.8. The van der Waals surface area contributed by atoms with Gasteiger partial charge in [0.1, 0.15) is 12.3 Å². The van der Waals surface area contributed by atoms with E-state index in [1.807, 2.05) is 50.2 Å². The molecule has 10 heteroatoms. The summed E-state index contributed by atoms with van der Waals surface area (Å²) in [6, 6.07) is 13.7. The third kappa shape index (κ3) is 5.77. The van der Waals surface area contributed by atoms with Crippen molar-refractivity contribution in [1.82, 2.24) is 30.1 Å². The average molecular weight is 491 g/mol. The first-order chi connectivity index (χ1) is 17.4. The molecule has 10 nitrogen and oxygen atoms in total. The molecule has 0 amide bonds. The fourth-order valence-corrected chi connectivity index (χ4v) is 4.07. The second-order valence-corrected chi connectivity index (χ2v) is 8.65. The molecule has 0 aliphatic heterocycles. The maximum atomic E-state index is 13.0. The van der Waals surface area contributed by atoms with Crippen LogP contribution >= 0.6 is 0 Å². The number of methoxy groups -OCH3 is 1. The number of nitrogens with one attached hydrogen (secondary N) is 1. The molecule has 0 spiro atoms. The molecule has 36 heavy (non-hydrogen) atoms. The first kappa shape index (κ1) is 25.1. The van der Waals surface area contributed by atoms with E-state index in [1.54, 1.807) is 14.0 Å². The van der Waals surface area contributed by atoms with E-state index >= 15 is 0 Å². The highest BCUT2D eigenvalue weighted by atomic mass is 16.5. The molecule has 0 unspecified atom stereocenters. The lowest BCUT2D eigenvalue weighted by Gasteiger charge is -2.22. The number of hydrogen-bond acceptors (Lipinski definition) is 8. The SMILES string of the molecule is CCOC(=O)Cn1nnnc1CN(Cc1ccc(OC)cc1)Cc1cc2ccc(C)c(C)c2[nH]c1=O. The van der Waals surface area contributed by atoms with E-state index in [0.717, 1.165) is 33.3 Å². The Bertz CT molecular complexity index is 1410. The number of fused-ring (bicyclic) bond motifs is 1. The number of aromatic amines is 1. The first-order valence-electron chi connectivity index (χ1n) is 11.8. The molecule has 0 saturated carbocycles. The van der Waals surface area contributed by atoms with E-state index in [9.17, 15) is 9.59 Å². The highest BCUT2D eigenvalue weighted by Crippen LogP contribution is 2.21. The molecule has 0 aliphatic rings. The van der Waals surface area contributed by atoms with Gasteiger partial charge in [-0.3, -0.25) is 14.5 Å². The zero-order valence-electron chi connectivity index (χ0n) is 20.9. The predicted octanol–water partition coefficient (Wildman–Crippen LogP) is 2.91. The van der Waals surface area contributed by atoms with Crippen LogP contribution in [0.3, 0.4) is 0 Å². The van der Waals surface area contributed by atoms with Gasteiger partial charge in [-0.25, -0.2) is 4.68 Å². The summed E-state index contributed by atoms with van der Waals surface area (Å²) >= 11 is 0. The molecule has 0 atom stereocenters. The lowest BCUT2D eigenvalue weighted by Crippen LogP contribution is -2.28. The molecule has 0 aliphatic carbocycles.